The van der Waals surface area contributed by atoms with Gasteiger partial charge in [0.2, 0.25) is 0 Å². The fraction of sp³-hybridized carbons (Fsp3) is 0.429. The molecule has 1 aliphatic rings. The fourth-order valence-electron chi connectivity index (χ4n) is 1.85. The molecule has 0 aliphatic carbocycles. The molecule has 1 aliphatic heterocycles. The van der Waals surface area contributed by atoms with Gasteiger partial charge in [0, 0.05) is 34.1 Å². The molecule has 0 N–H and O–H groups in total. The minimum absolute atomic E-state index is 0.114. The van der Waals surface area contributed by atoms with Crippen molar-refractivity contribution in [2.75, 3.05) is 20.2 Å². The molecule has 1 fully saturated rings. The maximum absolute atomic E-state index is 8.80. The maximum atomic E-state index is 8.80. The van der Waals surface area contributed by atoms with Crippen LogP contribution in [0, 0.1) is 0 Å². The van der Waals surface area contributed by atoms with Crippen LogP contribution in [-0.4, -0.2) is 31.1 Å². The molecule has 24 heavy (non-hydrogen) atoms. The van der Waals surface area contributed by atoms with Crippen molar-refractivity contribution in [2.45, 2.75) is 37.6 Å². The summed E-state index contributed by atoms with van der Waals surface area (Å²) in [4.78, 5) is 0.114. The highest BCUT2D eigenvalue weighted by atomic mass is 35.5. The van der Waals surface area contributed by atoms with Crippen LogP contribution >= 0.6 is 11.6 Å². The van der Waals surface area contributed by atoms with Gasteiger partial charge in [-0.3, -0.25) is 0 Å². The van der Waals surface area contributed by atoms with Gasteiger partial charge < -0.3 is 9.64 Å². The molecule has 2 atom stereocenters. The minimum Gasteiger partial charge on any atom is -0.366 e. The quantitative estimate of drug-likeness (QED) is 0.706. The predicted molar refractivity (Wildman–Crippen MR) is 101 cm³/mol. The highest BCUT2D eigenvalue weighted by Crippen LogP contribution is 2.34. The van der Waals surface area contributed by atoms with Crippen molar-refractivity contribution in [2.24, 2.45) is 0 Å². The first-order chi connectivity index (χ1) is 20.0. The van der Waals surface area contributed by atoms with Crippen LogP contribution in [0.15, 0.2) is 54.4 Å². The van der Waals surface area contributed by atoms with Crippen molar-refractivity contribution in [3.8, 4) is 0 Å². The minimum atomic E-state index is -3.88. The van der Waals surface area contributed by atoms with Crippen LogP contribution in [0.1, 0.15) is 65.9 Å². The molecule has 3 rings (SSSR count). The van der Waals surface area contributed by atoms with E-state index in [0.717, 1.165) is 0 Å². The van der Waals surface area contributed by atoms with Crippen LogP contribution in [-0.2, 0) is 10.3 Å². The van der Waals surface area contributed by atoms with Crippen LogP contribution in [0.25, 0.3) is 0 Å². The van der Waals surface area contributed by atoms with Crippen molar-refractivity contribution in [1.82, 2.24) is 4.90 Å². The molecule has 0 spiro atoms. The summed E-state index contributed by atoms with van der Waals surface area (Å²) in [5, 5.41) is -0.792. The molecule has 1 heterocycles. The van der Waals surface area contributed by atoms with Gasteiger partial charge >= 0.3 is 0 Å². The lowest BCUT2D eigenvalue weighted by Crippen LogP contribution is -2.31. The second kappa shape index (κ2) is 7.69. The van der Waals surface area contributed by atoms with Crippen molar-refractivity contribution in [3.63, 3.8) is 0 Å². The Balaban J connectivity index is 2.53. The van der Waals surface area contributed by atoms with Crippen LogP contribution < -0.4 is 0 Å². The molecule has 0 amide bonds. The number of likely N-dealkylation sites (tertiary alicyclic amines) is 1. The van der Waals surface area contributed by atoms with E-state index in [1.54, 1.807) is 0 Å². The van der Waals surface area contributed by atoms with E-state index in [1.165, 1.54) is 0 Å². The number of benzene rings is 2. The van der Waals surface area contributed by atoms with Crippen LogP contribution in [0.5, 0.6) is 0 Å². The lowest BCUT2D eigenvalue weighted by molar-refractivity contribution is -0.0117. The molecule has 2 aromatic rings. The third kappa shape index (κ3) is 3.83. The Morgan fingerprint density at radius 1 is 1.33 bits per heavy atom. The Bertz CT molecular complexity index is 1430. The van der Waals surface area contributed by atoms with Gasteiger partial charge in [-0.25, -0.2) is 0 Å². The highest BCUT2D eigenvalue weighted by Gasteiger charge is 2.30. The van der Waals surface area contributed by atoms with Crippen LogP contribution in [0.4, 0.5) is 0 Å². The molecular weight excluding hydrogens is 318 g/mol. The van der Waals surface area contributed by atoms with E-state index in [0.29, 0.717) is 7.05 Å². The number of nitrogens with zero attached hydrogens (tertiary/aromatic N) is 1. The fourth-order valence-corrected chi connectivity index (χ4v) is 1.95. The van der Waals surface area contributed by atoms with Crippen molar-refractivity contribution in [3.05, 3.63) is 70.5 Å². The molecule has 0 bridgehead atoms. The summed E-state index contributed by atoms with van der Waals surface area (Å²) in [6.45, 7) is -9.01. The summed E-state index contributed by atoms with van der Waals surface area (Å²) >= 11 is 5.90. The predicted octanol–water partition coefficient (Wildman–Crippen LogP) is 5.10. The van der Waals surface area contributed by atoms with Gasteiger partial charge in [0.1, 0.15) is 5.60 Å². The zero-order chi connectivity index (χ0) is 35.4. The molecule has 0 saturated carbocycles. The molecule has 1 saturated heterocycles. The van der Waals surface area contributed by atoms with Crippen molar-refractivity contribution >= 4 is 11.6 Å². The van der Waals surface area contributed by atoms with Crippen molar-refractivity contribution < 1.29 is 33.5 Å². The van der Waals surface area contributed by atoms with Crippen LogP contribution in [0.3, 0.4) is 0 Å². The van der Waals surface area contributed by atoms with E-state index in [-0.39, 0.29) is 4.90 Å². The molecule has 0 radical (unpaired) electrons. The number of hydrogen-bond donors (Lipinski definition) is 0. The number of rotatable bonds is 6. The van der Waals surface area contributed by atoms with Gasteiger partial charge in [-0.05, 0) is 62.7 Å². The summed E-state index contributed by atoms with van der Waals surface area (Å²) in [5.74, 6) is 0. The molecule has 128 valence electrons. The Labute approximate surface area is 179 Å². The SMILES string of the molecule is [2H]c1c([2H])c([2H])c([C@@](OCC([2H])([2H])[C@]2([2H])N(C)C([2H])([2H])C([2H])([2H])C2([2H])[2H])(c2c([2H])c([2H])c(Cl)c([2H])c2[2H])C([2H])([2H])[2H])c([2H])c1[2H]. The number of hydrogen-bond acceptors (Lipinski definition) is 2. The lowest BCUT2D eigenvalue weighted by atomic mass is 9.88. The highest BCUT2D eigenvalue weighted by molar-refractivity contribution is 6.30. The first kappa shape index (κ1) is 5.09. The average molecular weight is 365 g/mol. The first-order valence-electron chi connectivity index (χ1n) is 17.2. The van der Waals surface area contributed by atoms with E-state index in [2.05, 4.69) is 0 Å². The van der Waals surface area contributed by atoms with Crippen molar-refractivity contribution in [1.29, 1.82) is 0 Å². The van der Waals surface area contributed by atoms with Crippen LogP contribution in [0.2, 0.25) is 5.02 Å². The van der Waals surface area contributed by atoms with E-state index in [9.17, 15) is 0 Å². The average Bonchev–Trinajstić information content (AvgIpc) is 2.99. The second-order valence-electron chi connectivity index (χ2n) is 4.61. The van der Waals surface area contributed by atoms with E-state index in [1.807, 2.05) is 0 Å². The Kier molecular flexibility index (Phi) is 1.63. The summed E-state index contributed by atoms with van der Waals surface area (Å²) in [6, 6.07) is -13.8. The monoisotopic (exact) mass is 364 g/mol. The summed E-state index contributed by atoms with van der Waals surface area (Å²) < 4.78 is 181. The third-order valence-corrected chi connectivity index (χ3v) is 3.26. The topological polar surface area (TPSA) is 12.5 Å². The van der Waals surface area contributed by atoms with Gasteiger partial charge in [-0.1, -0.05) is 53.9 Å². The molecule has 0 aromatic heterocycles. The zero-order valence-electron chi connectivity index (χ0n) is 33.4. The molecule has 2 aromatic carbocycles. The van der Waals surface area contributed by atoms with Gasteiger partial charge in [0.25, 0.3) is 0 Å². The molecule has 0 unspecified atom stereocenters. The van der Waals surface area contributed by atoms with Gasteiger partial charge in [0.15, 0.2) is 0 Å². The van der Waals surface area contributed by atoms with Gasteiger partial charge in [-0.2, -0.15) is 0 Å². The summed E-state index contributed by atoms with van der Waals surface area (Å²) in [5.41, 5.74) is -6.21. The standard InChI is InChI=1S/C21H26ClNO/c1-21(17-7-4-3-5-8-17,18-10-12-19(22)13-11-18)24-16-14-20-9-6-15-23(20)2/h3-5,7-8,10-13,20H,6,9,14-16H2,1-2H3/t20-,21-/m1/s1/i1D3,3D,4D,5D,6D2,7D,8D,9D2,10D,11D,12D,13D,14D2,15D2,20D. The summed E-state index contributed by atoms with van der Waals surface area (Å²) in [6.07, 6.45) is -10.8. The van der Waals surface area contributed by atoms with E-state index in [4.69, 9.17) is 45.1 Å². The first-order valence-corrected chi connectivity index (χ1v) is 7.06. The smallest absolute Gasteiger partial charge is 0.115 e. The Morgan fingerprint density at radius 3 is 2.67 bits per heavy atom. The maximum Gasteiger partial charge on any atom is 0.115 e. The normalized spacial score (nSPS) is 44.0. The third-order valence-electron chi connectivity index (χ3n) is 3.07. The zero-order valence-corrected chi connectivity index (χ0v) is 13.2. The Morgan fingerprint density at radius 2 is 2.04 bits per heavy atom. The number of ether oxygens (including phenoxy) is 1. The molecule has 2 nitrogen and oxygen atoms in total. The molecular formula is C21H26ClNO. The van der Waals surface area contributed by atoms with Gasteiger partial charge in [-0.15, -0.1) is 0 Å². The van der Waals surface area contributed by atoms with E-state index < -0.39 is 121 Å². The lowest BCUT2D eigenvalue weighted by Gasteiger charge is -2.32. The largest absolute Gasteiger partial charge is 0.366 e. The second-order valence-corrected chi connectivity index (χ2v) is 4.98. The van der Waals surface area contributed by atoms with E-state index >= 15 is 0 Å². The van der Waals surface area contributed by atoms with Gasteiger partial charge in [0.05, 0.1) is 12.3 Å². The summed E-state index contributed by atoms with van der Waals surface area (Å²) in [7, 11) is 0.710. The Hall–Kier alpha value is -1.35. The molecule has 3 heteroatoms. The number of halogens is 1.